The second-order valence-electron chi connectivity index (χ2n) is 3.73. The molecule has 0 aromatic heterocycles. The second kappa shape index (κ2) is 7.90. The van der Waals surface area contributed by atoms with Crippen LogP contribution in [-0.2, 0) is 14.3 Å². The van der Waals surface area contributed by atoms with E-state index in [9.17, 15) is 14.4 Å². The molecule has 1 aromatic carbocycles. The number of hydrogen-bond acceptors (Lipinski definition) is 5. The average molecular weight is 280 g/mol. The maximum Gasteiger partial charge on any atom is 0.338 e. The van der Waals surface area contributed by atoms with Crippen molar-refractivity contribution in [1.82, 2.24) is 5.32 Å². The number of anilines is 1. The maximum atomic E-state index is 11.4. The number of nitrogens with one attached hydrogen (secondary N) is 2. The van der Waals surface area contributed by atoms with E-state index in [1.54, 1.807) is 6.92 Å². The van der Waals surface area contributed by atoms with Crippen molar-refractivity contribution in [1.29, 1.82) is 0 Å². The topological polar surface area (TPSA) is 105 Å². The van der Waals surface area contributed by atoms with E-state index in [2.05, 4.69) is 10.6 Å². The molecule has 0 bridgehead atoms. The van der Waals surface area contributed by atoms with Crippen LogP contribution in [0.5, 0.6) is 0 Å². The Balaban J connectivity index is 2.59. The highest BCUT2D eigenvalue weighted by molar-refractivity contribution is 6.39. The maximum absolute atomic E-state index is 11.4. The Morgan fingerprint density at radius 1 is 1.15 bits per heavy atom. The summed E-state index contributed by atoms with van der Waals surface area (Å²) >= 11 is 0. The highest BCUT2D eigenvalue weighted by atomic mass is 16.5. The van der Waals surface area contributed by atoms with Gasteiger partial charge in [-0.05, 0) is 31.2 Å². The monoisotopic (exact) mass is 280 g/mol. The number of aliphatic hydroxyl groups is 1. The van der Waals surface area contributed by atoms with E-state index < -0.39 is 17.8 Å². The van der Waals surface area contributed by atoms with Gasteiger partial charge in [0.1, 0.15) is 0 Å². The van der Waals surface area contributed by atoms with E-state index in [-0.39, 0.29) is 19.8 Å². The Labute approximate surface area is 115 Å². The average Bonchev–Trinajstić information content (AvgIpc) is 2.45. The minimum absolute atomic E-state index is 0.00799. The van der Waals surface area contributed by atoms with Gasteiger partial charge in [-0.1, -0.05) is 0 Å². The molecule has 7 nitrogen and oxygen atoms in total. The van der Waals surface area contributed by atoms with Gasteiger partial charge in [-0.2, -0.15) is 0 Å². The molecule has 0 unspecified atom stereocenters. The third-order valence-corrected chi connectivity index (χ3v) is 2.26. The zero-order valence-electron chi connectivity index (χ0n) is 11.0. The Hall–Kier alpha value is -2.41. The van der Waals surface area contributed by atoms with E-state index in [0.717, 1.165) is 0 Å². The van der Waals surface area contributed by atoms with Crippen LogP contribution in [-0.4, -0.2) is 42.6 Å². The van der Waals surface area contributed by atoms with Crippen molar-refractivity contribution in [2.24, 2.45) is 0 Å². The van der Waals surface area contributed by atoms with Crippen LogP contribution in [0.2, 0.25) is 0 Å². The molecule has 0 saturated heterocycles. The van der Waals surface area contributed by atoms with Crippen molar-refractivity contribution in [3.63, 3.8) is 0 Å². The van der Waals surface area contributed by atoms with Gasteiger partial charge in [0.05, 0.1) is 18.8 Å². The van der Waals surface area contributed by atoms with Gasteiger partial charge in [0.15, 0.2) is 0 Å². The zero-order chi connectivity index (χ0) is 15.0. The molecule has 0 fully saturated rings. The first-order valence-corrected chi connectivity index (χ1v) is 6.05. The van der Waals surface area contributed by atoms with Crippen LogP contribution in [0, 0.1) is 0 Å². The van der Waals surface area contributed by atoms with Crippen molar-refractivity contribution in [3.05, 3.63) is 29.8 Å². The third kappa shape index (κ3) is 4.69. The number of carbonyl (C=O) groups is 3. The number of carbonyl (C=O) groups excluding carboxylic acids is 3. The smallest absolute Gasteiger partial charge is 0.338 e. The fraction of sp³-hybridized carbons (Fsp3) is 0.308. The summed E-state index contributed by atoms with van der Waals surface area (Å²) in [5.74, 6) is -2.14. The lowest BCUT2D eigenvalue weighted by Gasteiger charge is -2.06. The summed E-state index contributed by atoms with van der Waals surface area (Å²) in [5.41, 5.74) is 0.733. The van der Waals surface area contributed by atoms with Crippen molar-refractivity contribution >= 4 is 23.5 Å². The second-order valence-corrected chi connectivity index (χ2v) is 3.73. The molecule has 0 saturated carbocycles. The van der Waals surface area contributed by atoms with Gasteiger partial charge in [0.25, 0.3) is 0 Å². The fourth-order valence-corrected chi connectivity index (χ4v) is 1.34. The molecule has 3 N–H and O–H groups in total. The van der Waals surface area contributed by atoms with Gasteiger partial charge in [0, 0.05) is 12.2 Å². The highest BCUT2D eigenvalue weighted by Gasteiger charge is 2.13. The first kappa shape index (κ1) is 15.6. The molecule has 1 rings (SSSR count). The lowest BCUT2D eigenvalue weighted by atomic mass is 10.2. The fourth-order valence-electron chi connectivity index (χ4n) is 1.34. The third-order valence-electron chi connectivity index (χ3n) is 2.26. The summed E-state index contributed by atoms with van der Waals surface area (Å²) in [6.07, 6.45) is 0. The van der Waals surface area contributed by atoms with E-state index in [1.807, 2.05) is 0 Å². The molecule has 108 valence electrons. The van der Waals surface area contributed by atoms with Crippen molar-refractivity contribution in [2.45, 2.75) is 6.92 Å². The quantitative estimate of drug-likeness (QED) is 0.516. The van der Waals surface area contributed by atoms with E-state index in [1.165, 1.54) is 24.3 Å². The molecule has 7 heteroatoms. The number of hydrogen-bond donors (Lipinski definition) is 3. The van der Waals surface area contributed by atoms with Gasteiger partial charge in [0.2, 0.25) is 0 Å². The summed E-state index contributed by atoms with van der Waals surface area (Å²) in [5, 5.41) is 13.1. The Morgan fingerprint density at radius 2 is 1.80 bits per heavy atom. The number of aliphatic hydroxyl groups excluding tert-OH is 1. The van der Waals surface area contributed by atoms with Gasteiger partial charge in [-0.25, -0.2) is 4.79 Å². The molecule has 0 aliphatic carbocycles. The lowest BCUT2D eigenvalue weighted by Crippen LogP contribution is -2.36. The van der Waals surface area contributed by atoms with Gasteiger partial charge in [-0.3, -0.25) is 9.59 Å². The van der Waals surface area contributed by atoms with Crippen LogP contribution in [0.3, 0.4) is 0 Å². The number of esters is 1. The molecule has 0 radical (unpaired) electrons. The van der Waals surface area contributed by atoms with Crippen LogP contribution < -0.4 is 10.6 Å². The minimum atomic E-state index is -0.845. The molecule has 20 heavy (non-hydrogen) atoms. The summed E-state index contributed by atoms with van der Waals surface area (Å²) in [4.78, 5) is 34.1. The number of benzene rings is 1. The van der Waals surface area contributed by atoms with Gasteiger partial charge < -0.3 is 20.5 Å². The molecule has 2 amide bonds. The largest absolute Gasteiger partial charge is 0.462 e. The molecule has 0 heterocycles. The Kier molecular flexibility index (Phi) is 6.18. The van der Waals surface area contributed by atoms with Crippen LogP contribution in [0.25, 0.3) is 0 Å². The van der Waals surface area contributed by atoms with Gasteiger partial charge in [-0.15, -0.1) is 0 Å². The molecule has 0 spiro atoms. The van der Waals surface area contributed by atoms with Crippen LogP contribution >= 0.6 is 0 Å². The number of ether oxygens (including phenoxy) is 1. The molecule has 0 atom stereocenters. The van der Waals surface area contributed by atoms with Crippen molar-refractivity contribution < 1.29 is 24.2 Å². The molecule has 0 aliphatic rings. The molecular formula is C13H16N2O5. The number of rotatable bonds is 5. The summed E-state index contributed by atoms with van der Waals surface area (Å²) in [6, 6.07) is 5.95. The zero-order valence-corrected chi connectivity index (χ0v) is 11.0. The van der Waals surface area contributed by atoms with Crippen LogP contribution in [0.15, 0.2) is 24.3 Å². The van der Waals surface area contributed by atoms with Crippen LogP contribution in [0.4, 0.5) is 5.69 Å². The minimum Gasteiger partial charge on any atom is -0.462 e. The SMILES string of the molecule is CCOC(=O)c1ccc(NC(=O)C(=O)NCCO)cc1. The Bertz CT molecular complexity index is 484. The molecule has 1 aromatic rings. The lowest BCUT2D eigenvalue weighted by molar-refractivity contribution is -0.136. The summed E-state index contributed by atoms with van der Waals surface area (Å²) < 4.78 is 4.82. The first-order valence-electron chi connectivity index (χ1n) is 6.05. The molecule has 0 aliphatic heterocycles. The summed E-state index contributed by atoms with van der Waals surface area (Å²) in [7, 11) is 0. The summed E-state index contributed by atoms with van der Waals surface area (Å²) in [6.45, 7) is 1.75. The Morgan fingerprint density at radius 3 is 2.35 bits per heavy atom. The molecular weight excluding hydrogens is 264 g/mol. The number of amides is 2. The van der Waals surface area contributed by atoms with Crippen molar-refractivity contribution in [2.75, 3.05) is 25.1 Å². The standard InChI is InChI=1S/C13H16N2O5/c1-2-20-13(19)9-3-5-10(6-4-9)15-12(18)11(17)14-7-8-16/h3-6,16H,2,7-8H2,1H3,(H,14,17)(H,15,18). The highest BCUT2D eigenvalue weighted by Crippen LogP contribution is 2.10. The first-order chi connectivity index (χ1) is 9.58. The van der Waals surface area contributed by atoms with Gasteiger partial charge >= 0.3 is 17.8 Å². The van der Waals surface area contributed by atoms with Crippen molar-refractivity contribution in [3.8, 4) is 0 Å². The van der Waals surface area contributed by atoms with E-state index in [4.69, 9.17) is 9.84 Å². The predicted molar refractivity (Wildman–Crippen MR) is 71.1 cm³/mol. The van der Waals surface area contributed by atoms with E-state index in [0.29, 0.717) is 11.3 Å². The predicted octanol–water partition coefficient (Wildman–Crippen LogP) is -0.0897. The van der Waals surface area contributed by atoms with E-state index >= 15 is 0 Å². The normalized spacial score (nSPS) is 9.70. The van der Waals surface area contributed by atoms with Crippen LogP contribution in [0.1, 0.15) is 17.3 Å².